The number of carbonyl (C=O) groups excluding carboxylic acids is 2. The van der Waals surface area contributed by atoms with Crippen LogP contribution in [-0.4, -0.2) is 28.3 Å². The van der Waals surface area contributed by atoms with Crippen LogP contribution in [0.2, 0.25) is 0 Å². The van der Waals surface area contributed by atoms with E-state index in [1.165, 1.54) is 23.1 Å². The summed E-state index contributed by atoms with van der Waals surface area (Å²) in [5.41, 5.74) is 0.200. The quantitative estimate of drug-likeness (QED) is 0.664. The summed E-state index contributed by atoms with van der Waals surface area (Å²) < 4.78 is 0. The molecule has 7 heteroatoms. The van der Waals surface area contributed by atoms with E-state index in [1.54, 1.807) is 6.07 Å². The number of rotatable bonds is 2. The van der Waals surface area contributed by atoms with Crippen LogP contribution in [0.15, 0.2) is 24.3 Å². The number of nitro groups is 1. The lowest BCUT2D eigenvalue weighted by Crippen LogP contribution is -2.39. The number of non-ortho nitro benzene ring substituents is 1. The monoisotopic (exact) mass is 277 g/mol. The van der Waals surface area contributed by atoms with Crippen molar-refractivity contribution in [2.24, 2.45) is 0 Å². The largest absolute Gasteiger partial charge is 0.328 e. The Hall–Kier alpha value is -2.44. The van der Waals surface area contributed by atoms with Crippen LogP contribution in [0.3, 0.4) is 0 Å². The first-order chi connectivity index (χ1) is 9.58. The van der Waals surface area contributed by atoms with E-state index >= 15 is 0 Å². The second-order valence-corrected chi connectivity index (χ2v) is 4.59. The Kier molecular flexibility index (Phi) is 4.29. The molecule has 0 atom stereocenters. The van der Waals surface area contributed by atoms with Crippen LogP contribution < -0.4 is 5.32 Å². The van der Waals surface area contributed by atoms with Gasteiger partial charge in [-0.15, -0.1) is 0 Å². The maximum Gasteiger partial charge on any atom is 0.328 e. The number of imide groups is 1. The molecule has 1 aliphatic heterocycles. The summed E-state index contributed by atoms with van der Waals surface area (Å²) in [6.07, 6.45) is 2.86. The standard InChI is InChI=1S/C13H15N3O4/c17-12-7-2-1-3-8-15(12)13(18)14-10-5-4-6-11(9-10)16(19)20/h4-6,9H,1-3,7-8H2,(H,14,18). The zero-order chi connectivity index (χ0) is 14.5. The smallest absolute Gasteiger partial charge is 0.307 e. The average molecular weight is 277 g/mol. The Bertz CT molecular complexity index is 544. The highest BCUT2D eigenvalue weighted by atomic mass is 16.6. The number of benzene rings is 1. The van der Waals surface area contributed by atoms with Crippen molar-refractivity contribution in [1.82, 2.24) is 4.90 Å². The maximum atomic E-state index is 12.0. The van der Waals surface area contributed by atoms with Gasteiger partial charge in [0.1, 0.15) is 0 Å². The Morgan fingerprint density at radius 2 is 2.10 bits per heavy atom. The van der Waals surface area contributed by atoms with E-state index in [0.717, 1.165) is 19.3 Å². The average Bonchev–Trinajstić information content (AvgIpc) is 2.63. The number of likely N-dealkylation sites (tertiary alicyclic amines) is 1. The molecule has 1 heterocycles. The first-order valence-electron chi connectivity index (χ1n) is 6.44. The minimum Gasteiger partial charge on any atom is -0.307 e. The third-order valence-electron chi connectivity index (χ3n) is 3.13. The van der Waals surface area contributed by atoms with Crippen LogP contribution in [0.4, 0.5) is 16.2 Å². The van der Waals surface area contributed by atoms with Crippen LogP contribution in [0.25, 0.3) is 0 Å². The van der Waals surface area contributed by atoms with E-state index in [9.17, 15) is 19.7 Å². The highest BCUT2D eigenvalue weighted by molar-refractivity contribution is 6.01. The number of urea groups is 1. The van der Waals surface area contributed by atoms with E-state index in [2.05, 4.69) is 5.32 Å². The third-order valence-corrected chi connectivity index (χ3v) is 3.13. The summed E-state index contributed by atoms with van der Waals surface area (Å²) in [5, 5.41) is 13.2. The van der Waals surface area contributed by atoms with Gasteiger partial charge in [-0.2, -0.15) is 0 Å². The van der Waals surface area contributed by atoms with Gasteiger partial charge in [-0.3, -0.25) is 19.8 Å². The van der Waals surface area contributed by atoms with Crippen molar-refractivity contribution in [3.05, 3.63) is 34.4 Å². The van der Waals surface area contributed by atoms with E-state index < -0.39 is 11.0 Å². The molecule has 0 radical (unpaired) electrons. The summed E-state index contributed by atoms with van der Waals surface area (Å²) >= 11 is 0. The number of carbonyl (C=O) groups is 2. The van der Waals surface area contributed by atoms with Crippen LogP contribution in [0.1, 0.15) is 25.7 Å². The second-order valence-electron chi connectivity index (χ2n) is 4.59. The maximum absolute atomic E-state index is 12.0. The molecule has 1 aliphatic rings. The minimum absolute atomic E-state index is 0.106. The lowest BCUT2D eigenvalue weighted by Gasteiger charge is -2.18. The van der Waals surface area contributed by atoms with E-state index in [4.69, 9.17) is 0 Å². The van der Waals surface area contributed by atoms with Crippen molar-refractivity contribution < 1.29 is 14.5 Å². The molecular formula is C13H15N3O4. The lowest BCUT2D eigenvalue weighted by molar-refractivity contribution is -0.384. The van der Waals surface area contributed by atoms with Gasteiger partial charge in [0.25, 0.3) is 5.69 Å². The van der Waals surface area contributed by atoms with Crippen molar-refractivity contribution in [2.45, 2.75) is 25.7 Å². The van der Waals surface area contributed by atoms with Gasteiger partial charge in [0, 0.05) is 30.8 Å². The molecule has 1 saturated heterocycles. The van der Waals surface area contributed by atoms with Crippen molar-refractivity contribution in [1.29, 1.82) is 0 Å². The number of nitrogens with zero attached hydrogens (tertiary/aromatic N) is 2. The van der Waals surface area contributed by atoms with Crippen molar-refractivity contribution in [3.8, 4) is 0 Å². The molecule has 106 valence electrons. The number of anilines is 1. The number of hydrogen-bond donors (Lipinski definition) is 1. The van der Waals surface area contributed by atoms with Crippen LogP contribution in [0, 0.1) is 10.1 Å². The van der Waals surface area contributed by atoms with Gasteiger partial charge in [0.05, 0.1) is 4.92 Å². The van der Waals surface area contributed by atoms with Crippen LogP contribution >= 0.6 is 0 Å². The topological polar surface area (TPSA) is 92.6 Å². The number of amides is 3. The summed E-state index contributed by atoms with van der Waals surface area (Å²) in [6, 6.07) is 5.11. The van der Waals surface area contributed by atoms with Gasteiger partial charge in [-0.25, -0.2) is 4.79 Å². The Balaban J connectivity index is 2.08. The fraction of sp³-hybridized carbons (Fsp3) is 0.385. The third kappa shape index (κ3) is 3.31. The molecule has 0 aromatic heterocycles. The molecule has 20 heavy (non-hydrogen) atoms. The Labute approximate surface area is 115 Å². The van der Waals surface area contributed by atoms with E-state index in [0.29, 0.717) is 18.7 Å². The number of hydrogen-bond acceptors (Lipinski definition) is 4. The van der Waals surface area contributed by atoms with Gasteiger partial charge in [0.2, 0.25) is 5.91 Å². The summed E-state index contributed by atoms with van der Waals surface area (Å²) in [7, 11) is 0. The first-order valence-corrected chi connectivity index (χ1v) is 6.44. The molecular weight excluding hydrogens is 262 g/mol. The van der Waals surface area contributed by atoms with Crippen molar-refractivity contribution >= 4 is 23.3 Å². The molecule has 0 spiro atoms. The molecule has 3 amide bonds. The summed E-state index contributed by atoms with van der Waals surface area (Å²) in [6.45, 7) is 0.388. The van der Waals surface area contributed by atoms with Gasteiger partial charge < -0.3 is 5.32 Å². The molecule has 1 N–H and O–H groups in total. The molecule has 0 unspecified atom stereocenters. The number of nitro benzene ring substituents is 1. The SMILES string of the molecule is O=C1CCCCCN1C(=O)Nc1cccc([N+](=O)[O-])c1. The van der Waals surface area contributed by atoms with Crippen LogP contribution in [-0.2, 0) is 4.79 Å². The van der Waals surface area contributed by atoms with Gasteiger partial charge in [-0.1, -0.05) is 12.5 Å². The molecule has 0 aliphatic carbocycles. The highest BCUT2D eigenvalue weighted by Crippen LogP contribution is 2.18. The molecule has 2 rings (SSSR count). The van der Waals surface area contributed by atoms with Crippen molar-refractivity contribution in [3.63, 3.8) is 0 Å². The summed E-state index contributed by atoms with van der Waals surface area (Å²) in [5.74, 6) is -0.203. The summed E-state index contributed by atoms with van der Waals surface area (Å²) in [4.78, 5) is 35.1. The molecule has 1 aromatic carbocycles. The predicted molar refractivity (Wildman–Crippen MR) is 72.3 cm³/mol. The van der Waals surface area contributed by atoms with Crippen molar-refractivity contribution in [2.75, 3.05) is 11.9 Å². The Morgan fingerprint density at radius 3 is 2.85 bits per heavy atom. The van der Waals surface area contributed by atoms with E-state index in [-0.39, 0.29) is 11.6 Å². The fourth-order valence-corrected chi connectivity index (χ4v) is 2.09. The van der Waals surface area contributed by atoms with Crippen LogP contribution in [0.5, 0.6) is 0 Å². The molecule has 0 bridgehead atoms. The predicted octanol–water partition coefficient (Wildman–Crippen LogP) is 2.53. The zero-order valence-electron chi connectivity index (χ0n) is 10.9. The van der Waals surface area contributed by atoms with Gasteiger partial charge in [-0.05, 0) is 18.9 Å². The van der Waals surface area contributed by atoms with E-state index in [1.807, 2.05) is 0 Å². The molecule has 1 fully saturated rings. The van der Waals surface area contributed by atoms with Gasteiger partial charge in [0.15, 0.2) is 0 Å². The van der Waals surface area contributed by atoms with Gasteiger partial charge >= 0.3 is 6.03 Å². The Morgan fingerprint density at radius 1 is 1.30 bits per heavy atom. The molecule has 1 aromatic rings. The second kappa shape index (κ2) is 6.14. The minimum atomic E-state index is -0.535. The highest BCUT2D eigenvalue weighted by Gasteiger charge is 2.23. The lowest BCUT2D eigenvalue weighted by atomic mass is 10.2. The fourth-order valence-electron chi connectivity index (χ4n) is 2.09. The molecule has 7 nitrogen and oxygen atoms in total. The zero-order valence-corrected chi connectivity index (χ0v) is 10.9. The first kappa shape index (κ1) is 14.0. The molecule has 0 saturated carbocycles. The normalized spacial score (nSPS) is 15.6. The number of nitrogens with one attached hydrogen (secondary N) is 1.